The van der Waals surface area contributed by atoms with Crippen LogP contribution in [0.5, 0.6) is 11.5 Å². The standard InChI is InChI=1S/C27H37N3O7S.C15H21NO3.C13H18N2O2/c1-20(10-9-17-28)37-30(38(33,34)23-15-13-22(35-5)14-16-23)19-25(31)24(18-21-11-7-6-8-12-21)29-26(32)36-27(2,3)4;1-15(2,3)19-14(17)16-12(13-10-18-13)9-11-7-5-4-6-8-11;1-11(4-3-9-14)17-15-10-12-5-7-13(16-2)8-6-12/h6-8,11-16,20,24-25,31H,9-10,18-19H2,1-5H3,(H,29,32);4-8,12-13H,9-10H2,1-3H3,(H,16,17);5-8,11,15H,3-4,10H2,1-2H3/t20?,24-,25+;12-,13+;/m00./s1. The maximum absolute atomic E-state index is 13.5. The predicted molar refractivity (Wildman–Crippen MR) is 280 cm³/mol. The van der Waals surface area contributed by atoms with Gasteiger partial charge in [0, 0.05) is 19.4 Å². The molecule has 0 saturated carbocycles. The molecule has 1 heterocycles. The van der Waals surface area contributed by atoms with Crippen LogP contribution < -0.4 is 25.6 Å². The van der Waals surface area contributed by atoms with Gasteiger partial charge in [0.25, 0.3) is 10.0 Å². The smallest absolute Gasteiger partial charge is 0.407 e. The number of alkyl carbamates (subject to hydrolysis) is 2. The summed E-state index contributed by atoms with van der Waals surface area (Å²) >= 11 is 0. The molecule has 74 heavy (non-hydrogen) atoms. The van der Waals surface area contributed by atoms with Gasteiger partial charge in [-0.05, 0) is 134 Å². The van der Waals surface area contributed by atoms with E-state index in [2.05, 4.69) is 22.2 Å². The second kappa shape index (κ2) is 31.4. The Hall–Kier alpha value is -6.29. The monoisotopic (exact) mass is 1040 g/mol. The Labute approximate surface area is 438 Å². The van der Waals surface area contributed by atoms with Gasteiger partial charge in [0.1, 0.15) is 28.8 Å². The summed E-state index contributed by atoms with van der Waals surface area (Å²) in [5.74, 6) is 1.32. The summed E-state index contributed by atoms with van der Waals surface area (Å²) in [6, 6.07) is 35.9. The normalized spacial score (nSPS) is 15.1. The second-order valence-corrected chi connectivity index (χ2v) is 21.2. The molecule has 2 amide bonds. The van der Waals surface area contributed by atoms with Crippen molar-refractivity contribution in [2.45, 2.75) is 153 Å². The van der Waals surface area contributed by atoms with Crippen LogP contribution in [0.15, 0.2) is 114 Å². The van der Waals surface area contributed by atoms with E-state index in [0.717, 1.165) is 34.2 Å². The maximum Gasteiger partial charge on any atom is 0.407 e. The molecule has 0 bridgehead atoms. The highest BCUT2D eigenvalue weighted by Gasteiger charge is 2.36. The van der Waals surface area contributed by atoms with E-state index < -0.39 is 52.1 Å². The number of rotatable bonds is 24. The first-order valence-electron chi connectivity index (χ1n) is 24.5. The van der Waals surface area contributed by atoms with E-state index in [9.17, 15) is 23.1 Å². The van der Waals surface area contributed by atoms with Crippen molar-refractivity contribution in [3.8, 4) is 23.6 Å². The molecule has 18 nitrogen and oxygen atoms in total. The third-order valence-corrected chi connectivity index (χ3v) is 12.2. The van der Waals surface area contributed by atoms with E-state index in [1.54, 1.807) is 34.8 Å². The number of hydrogen-bond acceptors (Lipinski definition) is 15. The molecule has 0 radical (unpaired) electrons. The third-order valence-electron chi connectivity index (χ3n) is 10.6. The van der Waals surface area contributed by atoms with E-state index in [0.29, 0.717) is 25.3 Å². The van der Waals surface area contributed by atoms with Crippen molar-refractivity contribution in [3.05, 3.63) is 126 Å². The number of aliphatic hydroxyl groups excluding tert-OH is 1. The fourth-order valence-corrected chi connectivity index (χ4v) is 8.03. The van der Waals surface area contributed by atoms with Gasteiger partial charge >= 0.3 is 12.2 Å². The number of nitrogens with one attached hydrogen (secondary N) is 3. The average Bonchev–Trinajstić information content (AvgIpc) is 4.21. The van der Waals surface area contributed by atoms with Crippen LogP contribution in [-0.4, -0.2) is 105 Å². The van der Waals surface area contributed by atoms with Gasteiger partial charge in [0.05, 0.1) is 74.8 Å². The Kier molecular flexibility index (Phi) is 26.3. The Balaban J connectivity index is 0.000000332. The maximum atomic E-state index is 13.5. The molecule has 1 fully saturated rings. The predicted octanol–water partition coefficient (Wildman–Crippen LogP) is 8.74. The molecule has 4 aromatic carbocycles. The number of benzene rings is 4. The summed E-state index contributed by atoms with van der Waals surface area (Å²) in [4.78, 5) is 35.4. The zero-order valence-electron chi connectivity index (χ0n) is 44.4. The van der Waals surface area contributed by atoms with Crippen molar-refractivity contribution in [3.63, 3.8) is 0 Å². The first-order valence-corrected chi connectivity index (χ1v) is 25.9. The zero-order valence-corrected chi connectivity index (χ0v) is 45.2. The minimum Gasteiger partial charge on any atom is -0.497 e. The van der Waals surface area contributed by atoms with Crippen LogP contribution in [0.3, 0.4) is 0 Å². The topological polar surface area (TPSA) is 243 Å². The number of methoxy groups -OCH3 is 2. The van der Waals surface area contributed by atoms with Gasteiger partial charge in [0.2, 0.25) is 0 Å². The summed E-state index contributed by atoms with van der Waals surface area (Å²) < 4.78 is 53.9. The first-order chi connectivity index (χ1) is 35.0. The first kappa shape index (κ1) is 62.0. The highest BCUT2D eigenvalue weighted by atomic mass is 32.2. The van der Waals surface area contributed by atoms with E-state index in [4.69, 9.17) is 43.9 Å². The highest BCUT2D eigenvalue weighted by Crippen LogP contribution is 2.24. The fraction of sp³-hybridized carbons (Fsp3) is 0.491. The van der Waals surface area contributed by atoms with E-state index in [1.165, 1.54) is 36.9 Å². The van der Waals surface area contributed by atoms with E-state index in [-0.39, 0.29) is 48.5 Å². The van der Waals surface area contributed by atoms with Gasteiger partial charge in [0.15, 0.2) is 0 Å². The van der Waals surface area contributed by atoms with Crippen molar-refractivity contribution in [2.24, 2.45) is 0 Å². The number of nitriles is 2. The van der Waals surface area contributed by atoms with Gasteiger partial charge in [-0.15, -0.1) is 0 Å². The van der Waals surface area contributed by atoms with Crippen LogP contribution in [-0.2, 0) is 53.3 Å². The molecular weight excluding hydrogens is 969 g/mol. The Bertz CT molecular complexity index is 2440. The molecule has 4 aromatic rings. The lowest BCUT2D eigenvalue weighted by molar-refractivity contribution is -0.143. The molecule has 1 aliphatic rings. The molecule has 0 aliphatic carbocycles. The lowest BCUT2D eigenvalue weighted by Crippen LogP contribution is -2.51. The van der Waals surface area contributed by atoms with Crippen molar-refractivity contribution in [1.82, 2.24) is 20.6 Å². The van der Waals surface area contributed by atoms with Crippen LogP contribution in [0.2, 0.25) is 0 Å². The lowest BCUT2D eigenvalue weighted by atomic mass is 10.0. The molecule has 0 aromatic heterocycles. The minimum absolute atomic E-state index is 0.0303. The Morgan fingerprint density at radius 1 is 0.716 bits per heavy atom. The van der Waals surface area contributed by atoms with E-state index >= 15 is 0 Å². The molecule has 19 heteroatoms. The Morgan fingerprint density at radius 3 is 1.66 bits per heavy atom. The molecule has 0 spiro atoms. The number of sulfonamides is 1. The number of ether oxygens (including phenoxy) is 5. The van der Waals surface area contributed by atoms with Crippen LogP contribution in [0, 0.1) is 22.7 Å². The number of carbonyl (C=O) groups is 2. The number of epoxide rings is 1. The zero-order chi connectivity index (χ0) is 54.7. The molecular formula is C55H76N6O12S. The summed E-state index contributed by atoms with van der Waals surface area (Å²) in [5, 5.41) is 34.2. The number of nitrogens with zero attached hydrogens (tertiary/aromatic N) is 3. The van der Waals surface area contributed by atoms with Gasteiger partial charge in [-0.2, -0.15) is 16.0 Å². The summed E-state index contributed by atoms with van der Waals surface area (Å²) in [5.41, 5.74) is 4.77. The van der Waals surface area contributed by atoms with Crippen LogP contribution in [0.1, 0.15) is 97.8 Å². The molecule has 4 N–H and O–H groups in total. The molecule has 2 unspecified atom stereocenters. The quantitative estimate of drug-likeness (QED) is 0.0379. The van der Waals surface area contributed by atoms with Crippen LogP contribution in [0.4, 0.5) is 9.59 Å². The second-order valence-electron chi connectivity index (χ2n) is 19.4. The van der Waals surface area contributed by atoms with Gasteiger partial charge in [-0.25, -0.2) is 18.0 Å². The van der Waals surface area contributed by atoms with Crippen molar-refractivity contribution < 1.29 is 56.5 Å². The largest absolute Gasteiger partial charge is 0.497 e. The number of hydrogen-bond donors (Lipinski definition) is 4. The average molecular weight is 1050 g/mol. The molecule has 5 rings (SSSR count). The number of hydroxylamine groups is 2. The van der Waals surface area contributed by atoms with Gasteiger partial charge in [-0.3, -0.25) is 9.68 Å². The highest BCUT2D eigenvalue weighted by molar-refractivity contribution is 7.89. The SMILES string of the molecule is CC(C)(C)OC(=O)N[C@@H](Cc1ccccc1)[C@H]1CO1.COc1ccc(CNOC(C)CCC#N)cc1.COc1ccc(S(=O)(=O)N(C[C@@H](O)[C@H](Cc2ccccc2)NC(=O)OC(C)(C)C)OC(C)CCC#N)cc1. The van der Waals surface area contributed by atoms with Gasteiger partial charge in [-0.1, -0.05) is 77.3 Å². The van der Waals surface area contributed by atoms with Gasteiger partial charge < -0.3 is 39.4 Å². The molecule has 404 valence electrons. The van der Waals surface area contributed by atoms with E-state index in [1.807, 2.05) is 119 Å². The third kappa shape index (κ3) is 25.1. The van der Waals surface area contributed by atoms with Crippen LogP contribution >= 0.6 is 0 Å². The lowest BCUT2D eigenvalue weighted by Gasteiger charge is -2.31. The molecule has 1 aliphatic heterocycles. The summed E-state index contributed by atoms with van der Waals surface area (Å²) in [7, 11) is -1.12. The number of carbonyl (C=O) groups excluding carboxylic acids is 2. The summed E-state index contributed by atoms with van der Waals surface area (Å²) in [6.07, 6.45) is -0.318. The Morgan fingerprint density at radius 2 is 1.19 bits per heavy atom. The number of amides is 2. The van der Waals surface area contributed by atoms with Crippen molar-refractivity contribution in [1.29, 1.82) is 10.5 Å². The molecule has 1 saturated heterocycles. The summed E-state index contributed by atoms with van der Waals surface area (Å²) in [6.45, 7) is 15.1. The fourth-order valence-electron chi connectivity index (χ4n) is 6.70. The van der Waals surface area contributed by atoms with Crippen molar-refractivity contribution >= 4 is 22.2 Å². The molecule has 6 atom stereocenters. The van der Waals surface area contributed by atoms with Crippen LogP contribution in [0.25, 0.3) is 0 Å². The minimum atomic E-state index is -4.24. The van der Waals surface area contributed by atoms with Crippen molar-refractivity contribution in [2.75, 3.05) is 27.4 Å². The number of aliphatic hydroxyl groups is 1.